The summed E-state index contributed by atoms with van der Waals surface area (Å²) >= 11 is 0. The van der Waals surface area contributed by atoms with E-state index >= 15 is 0 Å². The van der Waals surface area contributed by atoms with Gasteiger partial charge in [0.05, 0.1) is 11.2 Å². The molecule has 0 radical (unpaired) electrons. The summed E-state index contributed by atoms with van der Waals surface area (Å²) in [7, 11) is -3.86. The van der Waals surface area contributed by atoms with Gasteiger partial charge in [-0.05, 0) is 30.3 Å². The molecule has 0 fully saturated rings. The molecule has 102 valence electrons. The van der Waals surface area contributed by atoms with Crippen molar-refractivity contribution in [3.05, 3.63) is 54.2 Å². The molecule has 7 heteroatoms. The number of furan rings is 1. The Balaban J connectivity index is 2.06. The number of halogens is 1. The summed E-state index contributed by atoms with van der Waals surface area (Å²) in [5.74, 6) is -0.392. The van der Waals surface area contributed by atoms with Crippen molar-refractivity contribution in [2.45, 2.75) is 11.0 Å². The molecule has 1 aromatic carbocycles. The minimum absolute atomic E-state index is 0.195. The van der Waals surface area contributed by atoms with Crippen LogP contribution in [-0.2, 0) is 10.0 Å². The van der Waals surface area contributed by atoms with Gasteiger partial charge < -0.3 is 9.52 Å². The number of sulfonamides is 1. The second-order valence-corrected chi connectivity index (χ2v) is 5.61. The van der Waals surface area contributed by atoms with Gasteiger partial charge >= 0.3 is 0 Å². The maximum atomic E-state index is 13.0. The van der Waals surface area contributed by atoms with Crippen LogP contribution in [0.4, 0.5) is 4.39 Å². The molecule has 0 amide bonds. The lowest BCUT2D eigenvalue weighted by atomic mass is 10.3. The van der Waals surface area contributed by atoms with Crippen molar-refractivity contribution < 1.29 is 22.3 Å². The van der Waals surface area contributed by atoms with Gasteiger partial charge in [0.1, 0.15) is 17.7 Å². The van der Waals surface area contributed by atoms with Crippen LogP contribution in [0.2, 0.25) is 0 Å². The van der Waals surface area contributed by atoms with E-state index in [2.05, 4.69) is 4.72 Å². The largest absolute Gasteiger partial charge is 0.467 e. The van der Waals surface area contributed by atoms with Crippen molar-refractivity contribution in [3.8, 4) is 0 Å². The van der Waals surface area contributed by atoms with E-state index in [0.717, 1.165) is 12.1 Å². The van der Waals surface area contributed by atoms with Crippen molar-refractivity contribution in [1.82, 2.24) is 4.72 Å². The molecule has 1 aromatic heterocycles. The molecule has 0 bridgehead atoms. The first-order valence-electron chi connectivity index (χ1n) is 5.46. The molecule has 2 N–H and O–H groups in total. The van der Waals surface area contributed by atoms with E-state index in [1.54, 1.807) is 6.07 Å². The number of nitrogens with one attached hydrogen (secondary N) is 1. The molecule has 1 unspecified atom stereocenters. The minimum Gasteiger partial charge on any atom is -0.467 e. The molecule has 0 aliphatic heterocycles. The molecular formula is C12H12FNO4S. The van der Waals surface area contributed by atoms with Crippen LogP contribution in [0.15, 0.2) is 52.0 Å². The van der Waals surface area contributed by atoms with Crippen LogP contribution in [0, 0.1) is 5.82 Å². The fourth-order valence-electron chi connectivity index (χ4n) is 1.49. The van der Waals surface area contributed by atoms with Gasteiger partial charge in [0, 0.05) is 6.54 Å². The van der Waals surface area contributed by atoms with Gasteiger partial charge in [-0.1, -0.05) is 6.07 Å². The highest BCUT2D eigenvalue weighted by atomic mass is 32.2. The maximum absolute atomic E-state index is 13.0. The maximum Gasteiger partial charge on any atom is 0.240 e. The lowest BCUT2D eigenvalue weighted by molar-refractivity contribution is 0.154. The van der Waals surface area contributed by atoms with E-state index in [1.807, 2.05) is 0 Å². The van der Waals surface area contributed by atoms with Crippen molar-refractivity contribution in [1.29, 1.82) is 0 Å². The SMILES string of the molecule is O=S(=O)(NCC(O)c1ccco1)c1cccc(F)c1. The fraction of sp³-hybridized carbons (Fsp3) is 0.167. The first-order valence-corrected chi connectivity index (χ1v) is 6.94. The molecule has 0 aliphatic rings. The van der Waals surface area contributed by atoms with Gasteiger partial charge in [-0.15, -0.1) is 0 Å². The van der Waals surface area contributed by atoms with Gasteiger partial charge in [0.25, 0.3) is 0 Å². The molecule has 5 nitrogen and oxygen atoms in total. The zero-order chi connectivity index (χ0) is 13.9. The van der Waals surface area contributed by atoms with Crippen LogP contribution >= 0.6 is 0 Å². The van der Waals surface area contributed by atoms with Crippen LogP contribution in [0.1, 0.15) is 11.9 Å². The van der Waals surface area contributed by atoms with Crippen LogP contribution in [0.25, 0.3) is 0 Å². The van der Waals surface area contributed by atoms with E-state index < -0.39 is 21.9 Å². The number of hydrogen-bond acceptors (Lipinski definition) is 4. The molecular weight excluding hydrogens is 273 g/mol. The van der Waals surface area contributed by atoms with Gasteiger partial charge in [0.15, 0.2) is 0 Å². The standard InChI is InChI=1S/C12H12FNO4S/c13-9-3-1-4-10(7-9)19(16,17)14-8-11(15)12-5-2-6-18-12/h1-7,11,14-15H,8H2. The summed E-state index contributed by atoms with van der Waals surface area (Å²) in [6.07, 6.45) is 0.276. The lowest BCUT2D eigenvalue weighted by Gasteiger charge is -2.10. The van der Waals surface area contributed by atoms with Crippen LogP contribution in [0.3, 0.4) is 0 Å². The van der Waals surface area contributed by atoms with Crippen molar-refractivity contribution in [3.63, 3.8) is 0 Å². The highest BCUT2D eigenvalue weighted by Crippen LogP contribution is 2.14. The first-order chi connectivity index (χ1) is 8.99. The van der Waals surface area contributed by atoms with Crippen LogP contribution in [-0.4, -0.2) is 20.1 Å². The summed E-state index contributed by atoms with van der Waals surface area (Å²) in [6.45, 7) is -0.258. The zero-order valence-corrected chi connectivity index (χ0v) is 10.6. The van der Waals surface area contributed by atoms with Crippen LogP contribution < -0.4 is 4.72 Å². The molecule has 1 heterocycles. The Kier molecular flexibility index (Phi) is 3.98. The average molecular weight is 285 g/mol. The number of aliphatic hydroxyl groups excluding tert-OH is 1. The third-order valence-corrected chi connectivity index (χ3v) is 3.87. The summed E-state index contributed by atoms with van der Waals surface area (Å²) < 4.78 is 43.8. The summed E-state index contributed by atoms with van der Waals surface area (Å²) in [5, 5.41) is 9.68. The van der Waals surface area contributed by atoms with E-state index in [9.17, 15) is 17.9 Å². The third kappa shape index (κ3) is 3.40. The molecule has 1 atom stereocenters. The normalized spacial score (nSPS) is 13.4. The van der Waals surface area contributed by atoms with E-state index in [1.165, 1.54) is 24.5 Å². The predicted molar refractivity (Wildman–Crippen MR) is 65.3 cm³/mol. The van der Waals surface area contributed by atoms with Crippen LogP contribution in [0.5, 0.6) is 0 Å². The average Bonchev–Trinajstić information content (AvgIpc) is 2.90. The summed E-state index contributed by atoms with van der Waals surface area (Å²) in [4.78, 5) is -0.195. The second kappa shape index (κ2) is 5.52. The summed E-state index contributed by atoms with van der Waals surface area (Å²) in [5.41, 5.74) is 0. The minimum atomic E-state index is -3.86. The van der Waals surface area contributed by atoms with Gasteiger partial charge in [-0.2, -0.15) is 0 Å². The molecule has 0 saturated carbocycles. The quantitative estimate of drug-likeness (QED) is 0.871. The highest BCUT2D eigenvalue weighted by Gasteiger charge is 2.18. The Morgan fingerprint density at radius 3 is 2.74 bits per heavy atom. The number of benzene rings is 1. The van der Waals surface area contributed by atoms with Crippen molar-refractivity contribution in [2.24, 2.45) is 0 Å². The first kappa shape index (κ1) is 13.7. The third-order valence-electron chi connectivity index (χ3n) is 2.44. The topological polar surface area (TPSA) is 79.5 Å². The number of rotatable bonds is 5. The Morgan fingerprint density at radius 1 is 1.32 bits per heavy atom. The van der Waals surface area contributed by atoms with E-state index in [0.29, 0.717) is 0 Å². The highest BCUT2D eigenvalue weighted by molar-refractivity contribution is 7.89. The Morgan fingerprint density at radius 2 is 2.11 bits per heavy atom. The molecule has 0 saturated heterocycles. The smallest absolute Gasteiger partial charge is 0.240 e. The molecule has 0 spiro atoms. The zero-order valence-electron chi connectivity index (χ0n) is 9.78. The molecule has 19 heavy (non-hydrogen) atoms. The molecule has 2 rings (SSSR count). The fourth-order valence-corrected chi connectivity index (χ4v) is 2.56. The predicted octanol–water partition coefficient (Wildman–Crippen LogP) is 1.43. The van der Waals surface area contributed by atoms with Gasteiger partial charge in [-0.3, -0.25) is 0 Å². The van der Waals surface area contributed by atoms with Gasteiger partial charge in [-0.25, -0.2) is 17.5 Å². The number of aliphatic hydroxyl groups is 1. The molecule has 2 aromatic rings. The number of hydrogen-bond donors (Lipinski definition) is 2. The monoisotopic (exact) mass is 285 g/mol. The Hall–Kier alpha value is -1.70. The Bertz CT molecular complexity index is 640. The summed E-state index contributed by atoms with van der Waals surface area (Å²) in [6, 6.07) is 7.73. The van der Waals surface area contributed by atoms with Crippen molar-refractivity contribution >= 4 is 10.0 Å². The van der Waals surface area contributed by atoms with E-state index in [-0.39, 0.29) is 17.2 Å². The van der Waals surface area contributed by atoms with Gasteiger partial charge in [0.2, 0.25) is 10.0 Å². The lowest BCUT2D eigenvalue weighted by Crippen LogP contribution is -2.28. The van der Waals surface area contributed by atoms with Crippen molar-refractivity contribution in [2.75, 3.05) is 6.54 Å². The molecule has 0 aliphatic carbocycles. The van der Waals surface area contributed by atoms with E-state index in [4.69, 9.17) is 4.42 Å². The Labute approximate surface area is 109 Å². The second-order valence-electron chi connectivity index (χ2n) is 3.84.